The van der Waals surface area contributed by atoms with Crippen LogP contribution in [0.2, 0.25) is 0 Å². The molecule has 1 rings (SSSR count). The van der Waals surface area contributed by atoms with E-state index in [4.69, 9.17) is 5.26 Å². The van der Waals surface area contributed by atoms with Gasteiger partial charge in [-0.05, 0) is 24.3 Å². The number of allylic oxidation sites excluding steroid dienone is 2. The fourth-order valence-corrected chi connectivity index (χ4v) is 2.25. The predicted molar refractivity (Wildman–Crippen MR) is 55.5 cm³/mol. The molecule has 76 valence electrons. The summed E-state index contributed by atoms with van der Waals surface area (Å²) >= 11 is 0. The Hall–Kier alpha value is -1.10. The molecule has 1 aliphatic rings. The third-order valence-electron chi connectivity index (χ3n) is 3.83. The van der Waals surface area contributed by atoms with Crippen molar-refractivity contribution in [2.45, 2.75) is 40.0 Å². The molecule has 2 nitrogen and oxygen atoms in total. The van der Waals surface area contributed by atoms with E-state index in [-0.39, 0.29) is 16.6 Å². The summed E-state index contributed by atoms with van der Waals surface area (Å²) in [6.45, 7) is 6.29. The first-order valence-corrected chi connectivity index (χ1v) is 5.05. The molecule has 1 fully saturated rings. The number of hydrogen-bond donors (Lipinski definition) is 0. The van der Waals surface area contributed by atoms with Gasteiger partial charge in [-0.3, -0.25) is 4.79 Å². The normalized spacial score (nSPS) is 30.4. The predicted octanol–water partition coefficient (Wildman–Crippen LogP) is 2.85. The quantitative estimate of drug-likeness (QED) is 0.497. The minimum absolute atomic E-state index is 0.0594. The van der Waals surface area contributed by atoms with Crippen LogP contribution in [0.25, 0.3) is 0 Å². The molecular weight excluding hydrogens is 174 g/mol. The number of nitriles is 1. The van der Waals surface area contributed by atoms with E-state index >= 15 is 0 Å². The van der Waals surface area contributed by atoms with Gasteiger partial charge >= 0.3 is 0 Å². The van der Waals surface area contributed by atoms with Crippen LogP contribution in [0.15, 0.2) is 12.2 Å². The number of hydrogen-bond acceptors (Lipinski definition) is 2. The Kier molecular flexibility index (Phi) is 2.80. The first kappa shape index (κ1) is 11.0. The molecule has 0 aromatic heterocycles. The van der Waals surface area contributed by atoms with E-state index in [9.17, 15) is 4.79 Å². The summed E-state index contributed by atoms with van der Waals surface area (Å²) in [6, 6.07) is 1.87. The first-order valence-electron chi connectivity index (χ1n) is 5.05. The lowest BCUT2D eigenvalue weighted by Gasteiger charge is -2.36. The molecule has 0 spiro atoms. The zero-order valence-electron chi connectivity index (χ0n) is 9.13. The molecule has 1 atom stereocenters. The third kappa shape index (κ3) is 1.59. The third-order valence-corrected chi connectivity index (χ3v) is 3.83. The van der Waals surface area contributed by atoms with Crippen LogP contribution in [-0.2, 0) is 4.79 Å². The molecule has 0 bridgehead atoms. The molecule has 1 aliphatic carbocycles. The van der Waals surface area contributed by atoms with Gasteiger partial charge in [0.15, 0.2) is 5.78 Å². The first-order chi connectivity index (χ1) is 6.44. The number of carbonyl (C=O) groups is 1. The second-order valence-corrected chi connectivity index (χ2v) is 4.90. The lowest BCUT2D eigenvalue weighted by Crippen LogP contribution is -2.36. The highest BCUT2D eigenvalue weighted by Gasteiger charge is 2.48. The number of ketones is 1. The second-order valence-electron chi connectivity index (χ2n) is 4.90. The summed E-state index contributed by atoms with van der Waals surface area (Å²) in [5.41, 5.74) is -0.218. The van der Waals surface area contributed by atoms with Crippen LogP contribution < -0.4 is 0 Å². The monoisotopic (exact) mass is 191 g/mol. The van der Waals surface area contributed by atoms with Crippen molar-refractivity contribution in [2.75, 3.05) is 0 Å². The Balaban J connectivity index is 2.91. The Morgan fingerprint density at radius 2 is 2.00 bits per heavy atom. The van der Waals surface area contributed by atoms with Gasteiger partial charge in [-0.2, -0.15) is 5.26 Å². The van der Waals surface area contributed by atoms with Gasteiger partial charge < -0.3 is 0 Å². The maximum atomic E-state index is 11.9. The van der Waals surface area contributed by atoms with Crippen molar-refractivity contribution in [2.24, 2.45) is 10.8 Å². The summed E-state index contributed by atoms with van der Waals surface area (Å²) in [4.78, 5) is 11.9. The van der Waals surface area contributed by atoms with E-state index in [1.54, 1.807) is 0 Å². The molecular formula is C12H17NO. The van der Waals surface area contributed by atoms with E-state index in [1.807, 2.05) is 13.0 Å². The van der Waals surface area contributed by atoms with Gasteiger partial charge in [0, 0.05) is 11.5 Å². The maximum Gasteiger partial charge on any atom is 0.162 e. The summed E-state index contributed by atoms with van der Waals surface area (Å²) in [5.74, 6) is 0.0987. The molecule has 0 N–H and O–H groups in total. The standard InChI is InChI=1S/C12H17NO/c1-11(2)7-5-8-12(11,3)10(14)6-4-9-13/h4,6H,5,7-8H2,1-3H3/b6-4+. The van der Waals surface area contributed by atoms with Crippen molar-refractivity contribution in [3.05, 3.63) is 12.2 Å². The van der Waals surface area contributed by atoms with Crippen LogP contribution in [0.1, 0.15) is 40.0 Å². The van der Waals surface area contributed by atoms with E-state index < -0.39 is 0 Å². The highest BCUT2D eigenvalue weighted by molar-refractivity contribution is 5.95. The van der Waals surface area contributed by atoms with Gasteiger partial charge in [-0.15, -0.1) is 0 Å². The fraction of sp³-hybridized carbons (Fsp3) is 0.667. The van der Waals surface area contributed by atoms with Crippen LogP contribution >= 0.6 is 0 Å². The summed E-state index contributed by atoms with van der Waals surface area (Å²) in [6.07, 6.45) is 5.84. The summed E-state index contributed by atoms with van der Waals surface area (Å²) in [7, 11) is 0. The number of carbonyl (C=O) groups excluding carboxylic acids is 1. The van der Waals surface area contributed by atoms with Crippen molar-refractivity contribution in [1.82, 2.24) is 0 Å². The molecule has 0 heterocycles. The van der Waals surface area contributed by atoms with Crippen molar-refractivity contribution >= 4 is 5.78 Å². The van der Waals surface area contributed by atoms with Crippen LogP contribution in [0, 0.1) is 22.2 Å². The molecule has 0 amide bonds. The van der Waals surface area contributed by atoms with Gasteiger partial charge in [0.1, 0.15) is 0 Å². The van der Waals surface area contributed by atoms with Crippen LogP contribution in [0.4, 0.5) is 0 Å². The molecule has 14 heavy (non-hydrogen) atoms. The Morgan fingerprint density at radius 1 is 1.36 bits per heavy atom. The Bertz CT molecular complexity index is 309. The fourth-order valence-electron chi connectivity index (χ4n) is 2.25. The lowest BCUT2D eigenvalue weighted by atomic mass is 9.67. The maximum absolute atomic E-state index is 11.9. The zero-order valence-corrected chi connectivity index (χ0v) is 9.13. The molecule has 0 aliphatic heterocycles. The topological polar surface area (TPSA) is 40.9 Å². The van der Waals surface area contributed by atoms with E-state index in [1.165, 1.54) is 12.2 Å². The van der Waals surface area contributed by atoms with Crippen molar-refractivity contribution < 1.29 is 4.79 Å². The number of nitrogens with zero attached hydrogens (tertiary/aromatic N) is 1. The average molecular weight is 191 g/mol. The minimum Gasteiger partial charge on any atom is -0.294 e. The zero-order chi connectivity index (χ0) is 10.8. The van der Waals surface area contributed by atoms with Gasteiger partial charge in [-0.1, -0.05) is 27.2 Å². The van der Waals surface area contributed by atoms with Crippen LogP contribution in [0.5, 0.6) is 0 Å². The summed E-state index contributed by atoms with van der Waals surface area (Å²) in [5, 5.41) is 8.38. The van der Waals surface area contributed by atoms with Gasteiger partial charge in [0.05, 0.1) is 6.07 Å². The van der Waals surface area contributed by atoms with Crippen LogP contribution in [0.3, 0.4) is 0 Å². The highest BCUT2D eigenvalue weighted by Crippen LogP contribution is 2.52. The highest BCUT2D eigenvalue weighted by atomic mass is 16.1. The van der Waals surface area contributed by atoms with E-state index in [0.717, 1.165) is 19.3 Å². The van der Waals surface area contributed by atoms with Gasteiger partial charge in [-0.25, -0.2) is 0 Å². The molecule has 1 unspecified atom stereocenters. The van der Waals surface area contributed by atoms with E-state index in [0.29, 0.717) is 0 Å². The van der Waals surface area contributed by atoms with Crippen LogP contribution in [-0.4, -0.2) is 5.78 Å². The second kappa shape index (κ2) is 3.57. The van der Waals surface area contributed by atoms with E-state index in [2.05, 4.69) is 13.8 Å². The molecule has 0 radical (unpaired) electrons. The van der Waals surface area contributed by atoms with Crippen molar-refractivity contribution in [3.8, 4) is 6.07 Å². The van der Waals surface area contributed by atoms with Gasteiger partial charge in [0.25, 0.3) is 0 Å². The summed E-state index contributed by atoms with van der Waals surface area (Å²) < 4.78 is 0. The SMILES string of the molecule is CC1(C)CCCC1(C)C(=O)/C=C/C#N. The Labute approximate surface area is 85.6 Å². The molecule has 0 aromatic carbocycles. The smallest absolute Gasteiger partial charge is 0.162 e. The molecule has 0 saturated heterocycles. The largest absolute Gasteiger partial charge is 0.294 e. The Morgan fingerprint density at radius 3 is 2.43 bits per heavy atom. The molecule has 0 aromatic rings. The van der Waals surface area contributed by atoms with Gasteiger partial charge in [0.2, 0.25) is 0 Å². The number of rotatable bonds is 2. The molecule has 1 saturated carbocycles. The lowest BCUT2D eigenvalue weighted by molar-refractivity contribution is -0.127. The van der Waals surface area contributed by atoms with Crippen molar-refractivity contribution in [3.63, 3.8) is 0 Å². The molecule has 2 heteroatoms. The minimum atomic E-state index is -0.277. The van der Waals surface area contributed by atoms with Crippen molar-refractivity contribution in [1.29, 1.82) is 5.26 Å². The average Bonchev–Trinajstić information content (AvgIpc) is 2.38.